The maximum Gasteiger partial charge on any atom is 0.414 e. The lowest BCUT2D eigenvalue weighted by Gasteiger charge is -2.25. The number of aliphatic carboxylic acids is 2. The third kappa shape index (κ3) is 8.10. The Hall–Kier alpha value is -4.12. The summed E-state index contributed by atoms with van der Waals surface area (Å²) in [5, 5.41) is 17.6. The highest BCUT2D eigenvalue weighted by atomic mass is 16.5. The van der Waals surface area contributed by atoms with Crippen LogP contribution in [0.5, 0.6) is 11.5 Å². The number of carboxylic acid groups (broad SMARTS) is 2. The van der Waals surface area contributed by atoms with Gasteiger partial charge in [0, 0.05) is 17.8 Å². The topological polar surface area (TPSA) is 168 Å². The van der Waals surface area contributed by atoms with Crippen LogP contribution >= 0.6 is 0 Å². The molecule has 1 atom stereocenters. The molecule has 184 valence electrons. The van der Waals surface area contributed by atoms with E-state index in [0.29, 0.717) is 29.3 Å². The number of likely N-dealkylation sites (N-methyl/N-ethyl adjacent to an activating group) is 1. The van der Waals surface area contributed by atoms with Crippen LogP contribution in [0.3, 0.4) is 0 Å². The molecule has 0 fully saturated rings. The molecule has 11 heteroatoms. The first-order chi connectivity index (χ1) is 15.9. The molecule has 0 aliphatic heterocycles. The number of primary amides is 1. The number of nitrogens with two attached hydrogens (primary N) is 1. The zero-order chi connectivity index (χ0) is 26.0. The van der Waals surface area contributed by atoms with Crippen LogP contribution in [0.25, 0.3) is 0 Å². The van der Waals surface area contributed by atoms with Crippen molar-refractivity contribution in [2.24, 2.45) is 5.73 Å². The lowest BCUT2D eigenvalue weighted by Crippen LogP contribution is -2.39. The van der Waals surface area contributed by atoms with E-state index in [0.717, 1.165) is 11.1 Å². The molecule has 5 N–H and O–H groups in total. The molecule has 34 heavy (non-hydrogen) atoms. The summed E-state index contributed by atoms with van der Waals surface area (Å²) in [7, 11) is 5.09. The van der Waals surface area contributed by atoms with Crippen molar-refractivity contribution in [3.05, 3.63) is 53.1 Å². The maximum absolute atomic E-state index is 12.6. The van der Waals surface area contributed by atoms with Crippen molar-refractivity contribution in [2.45, 2.75) is 26.4 Å². The van der Waals surface area contributed by atoms with E-state index in [9.17, 15) is 9.59 Å². The lowest BCUT2D eigenvalue weighted by molar-refractivity contribution is -0.159. The number of aryl methyl sites for hydroxylation is 1. The molecule has 2 aromatic rings. The summed E-state index contributed by atoms with van der Waals surface area (Å²) in [6, 6.07) is 9.96. The number of ether oxygens (including phenoxy) is 2. The largest absolute Gasteiger partial charge is 0.493 e. The second-order valence-corrected chi connectivity index (χ2v) is 7.27. The fourth-order valence-electron chi connectivity index (χ4n) is 2.76. The van der Waals surface area contributed by atoms with Crippen molar-refractivity contribution < 1.29 is 38.9 Å². The predicted octanol–water partition coefficient (Wildman–Crippen LogP) is 1.73. The Morgan fingerprint density at radius 3 is 1.94 bits per heavy atom. The minimum Gasteiger partial charge on any atom is -0.493 e. The monoisotopic (exact) mass is 475 g/mol. The highest BCUT2D eigenvalue weighted by Gasteiger charge is 2.20. The van der Waals surface area contributed by atoms with E-state index in [1.807, 2.05) is 37.9 Å². The first kappa shape index (κ1) is 27.9. The average Bonchev–Trinajstić information content (AvgIpc) is 2.80. The average molecular weight is 475 g/mol. The third-order valence-electron chi connectivity index (χ3n) is 4.92. The van der Waals surface area contributed by atoms with Gasteiger partial charge in [0.2, 0.25) is 11.8 Å². The summed E-state index contributed by atoms with van der Waals surface area (Å²) in [6.07, 6.45) is 0. The van der Waals surface area contributed by atoms with Gasteiger partial charge in [0.05, 0.1) is 20.3 Å². The molecular formula is C23H29N3O8. The van der Waals surface area contributed by atoms with E-state index in [1.165, 1.54) is 0 Å². The smallest absolute Gasteiger partial charge is 0.414 e. The number of amides is 2. The number of benzene rings is 2. The number of anilines is 1. The van der Waals surface area contributed by atoms with E-state index in [2.05, 4.69) is 5.32 Å². The Balaban J connectivity index is 0.000000852. The van der Waals surface area contributed by atoms with Crippen molar-refractivity contribution in [2.75, 3.05) is 26.6 Å². The molecule has 0 spiro atoms. The number of carbonyl (C=O) groups excluding carboxylic acids is 2. The highest BCUT2D eigenvalue weighted by Crippen LogP contribution is 2.31. The standard InChI is InChI=1S/C21H27N3O4.C2H2O4/c1-13-10-18(27-4)19(28-5)11-16(13)12-24(3)14(2)21(26)23-17-8-6-15(7-9-17)20(22)25;3-1(4)2(5)6/h6-11,14H,12H2,1-5H3,(H2,22,25)(H,23,26);(H,3,4)(H,5,6). The van der Waals surface area contributed by atoms with Gasteiger partial charge >= 0.3 is 11.9 Å². The van der Waals surface area contributed by atoms with E-state index < -0.39 is 17.8 Å². The zero-order valence-corrected chi connectivity index (χ0v) is 19.6. The number of nitrogens with one attached hydrogen (secondary N) is 1. The molecule has 0 heterocycles. The van der Waals surface area contributed by atoms with Crippen LogP contribution in [-0.2, 0) is 20.9 Å². The molecule has 1 unspecified atom stereocenters. The van der Waals surface area contributed by atoms with Crippen LogP contribution in [-0.4, -0.2) is 66.2 Å². The lowest BCUT2D eigenvalue weighted by atomic mass is 10.1. The van der Waals surface area contributed by atoms with Gasteiger partial charge in [0.15, 0.2) is 11.5 Å². The Morgan fingerprint density at radius 2 is 1.50 bits per heavy atom. The first-order valence-electron chi connectivity index (χ1n) is 9.99. The molecule has 0 saturated heterocycles. The van der Waals surface area contributed by atoms with Gasteiger partial charge in [-0.25, -0.2) is 9.59 Å². The third-order valence-corrected chi connectivity index (χ3v) is 4.92. The molecule has 0 aromatic heterocycles. The van der Waals surface area contributed by atoms with Crippen LogP contribution in [0.1, 0.15) is 28.4 Å². The fourth-order valence-corrected chi connectivity index (χ4v) is 2.76. The van der Waals surface area contributed by atoms with Gasteiger partial charge < -0.3 is 30.7 Å². The summed E-state index contributed by atoms with van der Waals surface area (Å²) in [5.74, 6) is -2.96. The molecule has 0 bridgehead atoms. The summed E-state index contributed by atoms with van der Waals surface area (Å²) in [4.78, 5) is 43.9. The number of hydrogen-bond acceptors (Lipinski definition) is 7. The van der Waals surface area contributed by atoms with Crippen LogP contribution in [0.4, 0.5) is 5.69 Å². The van der Waals surface area contributed by atoms with Gasteiger partial charge in [-0.15, -0.1) is 0 Å². The molecule has 0 aliphatic carbocycles. The van der Waals surface area contributed by atoms with Crippen LogP contribution < -0.4 is 20.5 Å². The van der Waals surface area contributed by atoms with Crippen LogP contribution in [0.2, 0.25) is 0 Å². The Morgan fingerprint density at radius 1 is 1.00 bits per heavy atom. The number of hydrogen-bond donors (Lipinski definition) is 4. The zero-order valence-electron chi connectivity index (χ0n) is 19.6. The van der Waals surface area contributed by atoms with Gasteiger partial charge in [-0.2, -0.15) is 0 Å². The minimum atomic E-state index is -1.82. The molecule has 2 rings (SSSR count). The normalized spacial score (nSPS) is 11.0. The molecule has 0 aliphatic rings. The van der Waals surface area contributed by atoms with E-state index in [1.54, 1.807) is 38.5 Å². The second-order valence-electron chi connectivity index (χ2n) is 7.27. The van der Waals surface area contributed by atoms with Gasteiger partial charge in [-0.3, -0.25) is 14.5 Å². The molecule has 11 nitrogen and oxygen atoms in total. The van der Waals surface area contributed by atoms with Crippen molar-refractivity contribution in [3.63, 3.8) is 0 Å². The number of carbonyl (C=O) groups is 4. The summed E-state index contributed by atoms with van der Waals surface area (Å²) in [5.41, 5.74) is 8.33. The first-order valence-corrected chi connectivity index (χ1v) is 9.99. The maximum atomic E-state index is 12.6. The molecule has 0 saturated carbocycles. The van der Waals surface area contributed by atoms with Gasteiger partial charge in [0.1, 0.15) is 0 Å². The molecule has 2 aromatic carbocycles. The summed E-state index contributed by atoms with van der Waals surface area (Å²) >= 11 is 0. The Labute approximate surface area is 197 Å². The predicted molar refractivity (Wildman–Crippen MR) is 124 cm³/mol. The Kier molecular flexibility index (Phi) is 10.5. The molecular weight excluding hydrogens is 446 g/mol. The molecule has 0 radical (unpaired) electrons. The van der Waals surface area contributed by atoms with Gasteiger partial charge in [0.25, 0.3) is 0 Å². The number of rotatable bonds is 8. The van der Waals surface area contributed by atoms with Gasteiger partial charge in [-0.05, 0) is 68.4 Å². The fraction of sp³-hybridized carbons (Fsp3) is 0.304. The SMILES string of the molecule is COc1cc(C)c(CN(C)C(C)C(=O)Nc2ccc(C(N)=O)cc2)cc1OC.O=C(O)C(=O)O. The van der Waals surface area contributed by atoms with Gasteiger partial charge in [-0.1, -0.05) is 0 Å². The van der Waals surface area contributed by atoms with E-state index in [4.69, 9.17) is 35.0 Å². The quantitative estimate of drug-likeness (QED) is 0.415. The minimum absolute atomic E-state index is 0.146. The van der Waals surface area contributed by atoms with Crippen LogP contribution in [0.15, 0.2) is 36.4 Å². The van der Waals surface area contributed by atoms with Crippen molar-refractivity contribution in [1.29, 1.82) is 0 Å². The number of methoxy groups -OCH3 is 2. The Bertz CT molecular complexity index is 1030. The second kappa shape index (κ2) is 12.8. The summed E-state index contributed by atoms with van der Waals surface area (Å²) < 4.78 is 10.7. The van der Waals surface area contributed by atoms with E-state index in [-0.39, 0.29) is 11.9 Å². The van der Waals surface area contributed by atoms with Crippen molar-refractivity contribution >= 4 is 29.4 Å². The van der Waals surface area contributed by atoms with Crippen molar-refractivity contribution in [1.82, 2.24) is 4.90 Å². The van der Waals surface area contributed by atoms with Crippen molar-refractivity contribution in [3.8, 4) is 11.5 Å². The molecule has 2 amide bonds. The van der Waals surface area contributed by atoms with E-state index >= 15 is 0 Å². The number of nitrogens with zero attached hydrogens (tertiary/aromatic N) is 1. The van der Waals surface area contributed by atoms with Crippen LogP contribution in [0, 0.1) is 6.92 Å². The summed E-state index contributed by atoms with van der Waals surface area (Å²) in [6.45, 7) is 4.40. The highest BCUT2D eigenvalue weighted by molar-refractivity contribution is 6.27. The number of carboxylic acids is 2.